The first-order valence-electron chi connectivity index (χ1n) is 4.64. The number of hydrogen-bond acceptors (Lipinski definition) is 0. The lowest BCUT2D eigenvalue weighted by atomic mass is 10.3. The Labute approximate surface area is 89.9 Å². The van der Waals surface area contributed by atoms with Gasteiger partial charge in [-0.15, -0.1) is 0 Å². The molecule has 0 aromatic heterocycles. The molecule has 0 aliphatic carbocycles. The number of fused-ring (bicyclic) bond motifs is 1. The van der Waals surface area contributed by atoms with Gasteiger partial charge in [-0.05, 0) is 19.1 Å². The zero-order valence-electron chi connectivity index (χ0n) is 8.55. The van der Waals surface area contributed by atoms with E-state index in [1.54, 1.807) is 0 Å². The Kier molecular flexibility index (Phi) is 3.87. The molecule has 0 spiro atoms. The SMILES string of the molecule is C/C=C1\C=c2ccccc2=[NH+]1.F[B-](F)(F)F. The lowest BCUT2D eigenvalue weighted by Crippen LogP contribution is -2.73. The van der Waals surface area contributed by atoms with Gasteiger partial charge in [-0.2, -0.15) is 0 Å². The van der Waals surface area contributed by atoms with E-state index in [-0.39, 0.29) is 0 Å². The van der Waals surface area contributed by atoms with Crippen molar-refractivity contribution in [3.63, 3.8) is 0 Å². The molecule has 0 saturated carbocycles. The first-order chi connectivity index (χ1) is 7.40. The molecule has 0 amide bonds. The second kappa shape index (κ2) is 4.96. The third kappa shape index (κ3) is 4.29. The van der Waals surface area contributed by atoms with Crippen LogP contribution in [0.4, 0.5) is 17.3 Å². The average Bonchev–Trinajstić information content (AvgIpc) is 2.57. The fraction of sp³-hybridized carbons (Fsp3) is 0.100. The molecule has 0 atom stereocenters. The lowest BCUT2D eigenvalue weighted by molar-refractivity contribution is -0.431. The summed E-state index contributed by atoms with van der Waals surface area (Å²) in [7, 11) is -6.00. The Morgan fingerprint density at radius 3 is 2.19 bits per heavy atom. The van der Waals surface area contributed by atoms with E-state index < -0.39 is 7.25 Å². The van der Waals surface area contributed by atoms with E-state index >= 15 is 0 Å². The van der Waals surface area contributed by atoms with Crippen molar-refractivity contribution in [1.82, 2.24) is 0 Å². The number of rotatable bonds is 0. The van der Waals surface area contributed by atoms with Crippen molar-refractivity contribution in [2.45, 2.75) is 6.92 Å². The number of halogens is 4. The highest BCUT2D eigenvalue weighted by Crippen LogP contribution is 2.06. The van der Waals surface area contributed by atoms with Gasteiger partial charge in [0.15, 0.2) is 0 Å². The van der Waals surface area contributed by atoms with Gasteiger partial charge in [0, 0.05) is 12.1 Å². The van der Waals surface area contributed by atoms with Gasteiger partial charge < -0.3 is 17.3 Å². The molecule has 1 heterocycles. The molecule has 1 nitrogen and oxygen atoms in total. The molecule has 0 fully saturated rings. The summed E-state index contributed by atoms with van der Waals surface area (Å²) < 4.78 is 39.0. The second-order valence-corrected chi connectivity index (χ2v) is 3.10. The minimum atomic E-state index is -6.00. The normalized spacial score (nSPS) is 15.7. The molecular formula is C10H10BF4N. The summed E-state index contributed by atoms with van der Waals surface area (Å²) in [5.41, 5.74) is 1.19. The van der Waals surface area contributed by atoms with Crippen LogP contribution >= 0.6 is 0 Å². The maximum Gasteiger partial charge on any atom is 0.673 e. The summed E-state index contributed by atoms with van der Waals surface area (Å²) >= 11 is 0. The third-order valence-electron chi connectivity index (χ3n) is 1.86. The highest BCUT2D eigenvalue weighted by atomic mass is 19.5. The van der Waals surface area contributed by atoms with Gasteiger partial charge in [0.25, 0.3) is 0 Å². The first kappa shape index (κ1) is 12.5. The third-order valence-corrected chi connectivity index (χ3v) is 1.86. The van der Waals surface area contributed by atoms with E-state index in [1.807, 2.05) is 13.0 Å². The van der Waals surface area contributed by atoms with Crippen LogP contribution in [0.3, 0.4) is 0 Å². The van der Waals surface area contributed by atoms with Crippen LogP contribution in [0.5, 0.6) is 0 Å². The summed E-state index contributed by atoms with van der Waals surface area (Å²) in [6.07, 6.45) is 4.22. The van der Waals surface area contributed by atoms with Crippen LogP contribution in [-0.4, -0.2) is 7.25 Å². The van der Waals surface area contributed by atoms with Crippen LogP contribution in [0.25, 0.3) is 6.08 Å². The predicted octanol–water partition coefficient (Wildman–Crippen LogP) is 0.385. The molecule has 86 valence electrons. The zero-order valence-corrected chi connectivity index (χ0v) is 8.55. The number of hydrogen-bond donors (Lipinski definition) is 1. The largest absolute Gasteiger partial charge is 0.673 e. The van der Waals surface area contributed by atoms with Crippen molar-refractivity contribution in [2.75, 3.05) is 0 Å². The molecule has 1 aliphatic rings. The van der Waals surface area contributed by atoms with Crippen LogP contribution in [-0.2, 0) is 0 Å². The Hall–Kier alpha value is -1.59. The van der Waals surface area contributed by atoms with Crippen molar-refractivity contribution >= 4 is 13.3 Å². The summed E-state index contributed by atoms with van der Waals surface area (Å²) in [4.78, 5) is 3.29. The van der Waals surface area contributed by atoms with E-state index in [9.17, 15) is 17.3 Å². The van der Waals surface area contributed by atoms with Gasteiger partial charge >= 0.3 is 7.25 Å². The van der Waals surface area contributed by atoms with Gasteiger partial charge in [0.1, 0.15) is 0 Å². The fourth-order valence-electron chi connectivity index (χ4n) is 1.25. The molecule has 1 aromatic carbocycles. The van der Waals surface area contributed by atoms with E-state index in [0.29, 0.717) is 0 Å². The molecule has 6 heteroatoms. The highest BCUT2D eigenvalue weighted by molar-refractivity contribution is 6.50. The van der Waals surface area contributed by atoms with Crippen LogP contribution < -0.4 is 15.6 Å². The summed E-state index contributed by atoms with van der Waals surface area (Å²) in [5.74, 6) is 0. The monoisotopic (exact) mass is 231 g/mol. The van der Waals surface area contributed by atoms with Crippen LogP contribution in [0.2, 0.25) is 0 Å². The molecule has 2 rings (SSSR count). The van der Waals surface area contributed by atoms with Gasteiger partial charge in [0.2, 0.25) is 11.1 Å². The van der Waals surface area contributed by atoms with Crippen LogP contribution in [0.1, 0.15) is 6.92 Å². The van der Waals surface area contributed by atoms with Gasteiger partial charge in [0.05, 0.1) is 5.22 Å². The molecule has 16 heavy (non-hydrogen) atoms. The maximum absolute atomic E-state index is 9.75. The van der Waals surface area contributed by atoms with E-state index in [0.717, 1.165) is 0 Å². The van der Waals surface area contributed by atoms with Gasteiger partial charge in [-0.25, -0.2) is 4.99 Å². The van der Waals surface area contributed by atoms with Crippen molar-refractivity contribution in [2.24, 2.45) is 0 Å². The lowest BCUT2D eigenvalue weighted by Gasteiger charge is -1.94. The Morgan fingerprint density at radius 1 is 1.12 bits per heavy atom. The van der Waals surface area contributed by atoms with E-state index in [4.69, 9.17) is 0 Å². The molecule has 0 radical (unpaired) electrons. The fourth-order valence-corrected chi connectivity index (χ4v) is 1.25. The maximum atomic E-state index is 9.75. The number of allylic oxidation sites excluding steroid dienone is 2. The molecule has 1 aliphatic heterocycles. The molecular weight excluding hydrogens is 221 g/mol. The van der Waals surface area contributed by atoms with Crippen molar-refractivity contribution < 1.29 is 22.3 Å². The summed E-state index contributed by atoms with van der Waals surface area (Å²) in [5, 5.41) is 2.49. The van der Waals surface area contributed by atoms with E-state index in [1.165, 1.54) is 16.3 Å². The number of benzene rings is 1. The highest BCUT2D eigenvalue weighted by Gasteiger charge is 2.20. The smallest absolute Gasteiger partial charge is 0.418 e. The van der Waals surface area contributed by atoms with Crippen LogP contribution in [0.15, 0.2) is 36.0 Å². The Morgan fingerprint density at radius 2 is 1.69 bits per heavy atom. The number of nitrogens with one attached hydrogen (secondary N) is 1. The van der Waals surface area contributed by atoms with E-state index in [2.05, 4.69) is 35.3 Å². The summed E-state index contributed by atoms with van der Waals surface area (Å²) in [6, 6.07) is 8.29. The van der Waals surface area contributed by atoms with Gasteiger partial charge in [-0.3, -0.25) is 0 Å². The molecule has 0 saturated heterocycles. The topological polar surface area (TPSA) is 14.0 Å². The standard InChI is InChI=1S/C10H9N.BF4/c1-2-9-7-8-5-3-4-6-10(8)11-9;2-1(3,4)5/h2-7H,1H3;/q;-1/p+1/b9-2+;. The average molecular weight is 231 g/mol. The minimum Gasteiger partial charge on any atom is -0.418 e. The molecule has 1 aromatic rings. The second-order valence-electron chi connectivity index (χ2n) is 3.10. The summed E-state index contributed by atoms with van der Waals surface area (Å²) in [6.45, 7) is 2.03. The predicted molar refractivity (Wildman–Crippen MR) is 54.2 cm³/mol. The van der Waals surface area contributed by atoms with Crippen molar-refractivity contribution in [3.05, 3.63) is 46.6 Å². The quantitative estimate of drug-likeness (QED) is 0.490. The van der Waals surface area contributed by atoms with Gasteiger partial charge in [-0.1, -0.05) is 12.1 Å². The van der Waals surface area contributed by atoms with Crippen molar-refractivity contribution in [3.8, 4) is 0 Å². The molecule has 1 N–H and O–H groups in total. The minimum absolute atomic E-state index is 1.19. The van der Waals surface area contributed by atoms with Crippen LogP contribution in [0, 0.1) is 0 Å². The molecule has 0 unspecified atom stereocenters. The molecule has 0 bridgehead atoms. The zero-order chi connectivity index (χ0) is 12.2. The Balaban J connectivity index is 0.000000221. The van der Waals surface area contributed by atoms with Crippen molar-refractivity contribution in [1.29, 1.82) is 0 Å². The number of para-hydroxylation sites is 1. The first-order valence-corrected chi connectivity index (χ1v) is 4.64. The Bertz CT molecular complexity index is 461.